The zero-order valence-electron chi connectivity index (χ0n) is 18.7. The van der Waals surface area contributed by atoms with E-state index in [1.165, 1.54) is 14.0 Å². The summed E-state index contributed by atoms with van der Waals surface area (Å²) >= 11 is 0. The van der Waals surface area contributed by atoms with Crippen molar-refractivity contribution in [3.05, 3.63) is 47.3 Å². The van der Waals surface area contributed by atoms with Crippen molar-refractivity contribution in [2.24, 2.45) is 11.3 Å². The Hall–Kier alpha value is -2.14. The summed E-state index contributed by atoms with van der Waals surface area (Å²) in [7, 11) is 1.25. The smallest absolute Gasteiger partial charge is 0.337 e. The lowest BCUT2D eigenvalue weighted by molar-refractivity contribution is -0.141. The second-order valence-corrected chi connectivity index (χ2v) is 8.66. The number of hydrogen-bond acceptors (Lipinski definition) is 5. The average Bonchev–Trinajstić information content (AvgIpc) is 3.45. The van der Waals surface area contributed by atoms with Crippen molar-refractivity contribution in [2.75, 3.05) is 7.11 Å². The molecule has 0 amide bonds. The Labute approximate surface area is 180 Å². The van der Waals surface area contributed by atoms with Crippen LogP contribution in [-0.4, -0.2) is 34.7 Å². The molecule has 0 aromatic carbocycles. The third kappa shape index (κ3) is 4.94. The minimum atomic E-state index is -2.21. The molecule has 0 bridgehead atoms. The first-order valence-corrected chi connectivity index (χ1v) is 11.0. The Morgan fingerprint density at radius 1 is 1.20 bits per heavy atom. The van der Waals surface area contributed by atoms with E-state index in [0.29, 0.717) is 0 Å². The lowest BCUT2D eigenvalue weighted by Crippen LogP contribution is -2.48. The van der Waals surface area contributed by atoms with Crippen LogP contribution in [0.25, 0.3) is 0 Å². The van der Waals surface area contributed by atoms with Crippen LogP contribution in [0, 0.1) is 11.3 Å². The van der Waals surface area contributed by atoms with Gasteiger partial charge in [-0.3, -0.25) is 4.79 Å². The van der Waals surface area contributed by atoms with Crippen LogP contribution < -0.4 is 0 Å². The van der Waals surface area contributed by atoms with Gasteiger partial charge in [0.2, 0.25) is 0 Å². The van der Waals surface area contributed by atoms with Crippen LogP contribution in [0.2, 0.25) is 0 Å². The van der Waals surface area contributed by atoms with Gasteiger partial charge in [-0.1, -0.05) is 55.7 Å². The van der Waals surface area contributed by atoms with Gasteiger partial charge in [0, 0.05) is 0 Å². The van der Waals surface area contributed by atoms with Crippen molar-refractivity contribution < 1.29 is 24.5 Å². The van der Waals surface area contributed by atoms with Crippen molar-refractivity contribution in [1.82, 2.24) is 0 Å². The summed E-state index contributed by atoms with van der Waals surface area (Å²) in [6, 6.07) is 0. The number of rotatable bonds is 9. The van der Waals surface area contributed by atoms with Crippen LogP contribution in [0.1, 0.15) is 72.1 Å². The van der Waals surface area contributed by atoms with Crippen molar-refractivity contribution in [3.63, 3.8) is 0 Å². The van der Waals surface area contributed by atoms with E-state index in [2.05, 4.69) is 0 Å². The molecule has 0 saturated heterocycles. The number of esters is 1. The first-order chi connectivity index (χ1) is 14.2. The monoisotopic (exact) mass is 416 g/mol. The molecule has 1 saturated carbocycles. The molecule has 2 aliphatic carbocycles. The number of allylic oxidation sites excluding steroid dienone is 6. The zero-order valence-corrected chi connectivity index (χ0v) is 18.7. The van der Waals surface area contributed by atoms with E-state index in [1.807, 2.05) is 31.2 Å². The van der Waals surface area contributed by atoms with Crippen molar-refractivity contribution in [1.29, 1.82) is 0 Å². The number of aliphatic hydroxyl groups is 2. The van der Waals surface area contributed by atoms with Crippen LogP contribution in [0.4, 0.5) is 0 Å². The Bertz CT molecular complexity index is 762. The second kappa shape index (κ2) is 10.3. The standard InChI is InChI=1S/C25H36O5/c1-5-6-7-12-17-24(2,19-15-10-11-16-19)23(28)25(3,29)21(26)20(22(27)30-4)18-13-8-9-14-18/h6-7,12,15,17-18,26,29H,5,8-11,13-14,16H2,1-4H3/b7-6-,17-12?,21-20?. The maximum absolute atomic E-state index is 13.7. The first-order valence-electron chi connectivity index (χ1n) is 11.0. The van der Waals surface area contributed by atoms with Gasteiger partial charge < -0.3 is 14.9 Å². The molecular formula is C25H36O5. The van der Waals surface area contributed by atoms with Gasteiger partial charge in [-0.25, -0.2) is 4.79 Å². The summed E-state index contributed by atoms with van der Waals surface area (Å²) < 4.78 is 4.88. The SMILES string of the molecule is CC/C=C\C=CC(C)(C(=O)C(C)(O)C(O)=C(C(=O)OC)C1CCCC1)C1=CCCC1. The van der Waals surface area contributed by atoms with Crippen molar-refractivity contribution in [2.45, 2.75) is 77.7 Å². The predicted octanol–water partition coefficient (Wildman–Crippen LogP) is 5.12. The summed E-state index contributed by atoms with van der Waals surface area (Å²) in [5, 5.41) is 22.3. The molecule has 0 aromatic heterocycles. The van der Waals surface area contributed by atoms with E-state index in [9.17, 15) is 19.8 Å². The molecule has 2 unspecified atom stereocenters. The molecule has 2 N–H and O–H groups in total. The van der Waals surface area contributed by atoms with Crippen molar-refractivity contribution in [3.8, 4) is 0 Å². The quantitative estimate of drug-likeness (QED) is 0.179. The lowest BCUT2D eigenvalue weighted by atomic mass is 9.70. The van der Waals surface area contributed by atoms with Gasteiger partial charge >= 0.3 is 5.97 Å². The predicted molar refractivity (Wildman–Crippen MR) is 118 cm³/mol. The molecule has 0 heterocycles. The maximum atomic E-state index is 13.7. The lowest BCUT2D eigenvalue weighted by Gasteiger charge is -2.35. The van der Waals surface area contributed by atoms with Gasteiger partial charge in [-0.05, 0) is 58.3 Å². The topological polar surface area (TPSA) is 83.8 Å². The minimum absolute atomic E-state index is 0.0333. The van der Waals surface area contributed by atoms with Crippen molar-refractivity contribution >= 4 is 11.8 Å². The normalized spacial score (nSPS) is 22.6. The van der Waals surface area contributed by atoms with Gasteiger partial charge in [-0.15, -0.1) is 0 Å². The Morgan fingerprint density at radius 2 is 1.87 bits per heavy atom. The summed E-state index contributed by atoms with van der Waals surface area (Å²) in [5.41, 5.74) is -2.32. The molecule has 2 rings (SSSR count). The van der Waals surface area contributed by atoms with E-state index < -0.39 is 28.5 Å². The third-order valence-electron chi connectivity index (χ3n) is 6.42. The van der Waals surface area contributed by atoms with Crippen LogP contribution in [0.3, 0.4) is 0 Å². The van der Waals surface area contributed by atoms with Gasteiger partial charge in [0.1, 0.15) is 5.76 Å². The van der Waals surface area contributed by atoms with Crippen LogP contribution in [0.15, 0.2) is 47.3 Å². The fraction of sp³-hybridized carbons (Fsp3) is 0.600. The number of hydrogen-bond donors (Lipinski definition) is 2. The van der Waals surface area contributed by atoms with Gasteiger partial charge in [0.25, 0.3) is 0 Å². The molecule has 166 valence electrons. The second-order valence-electron chi connectivity index (χ2n) is 8.66. The summed E-state index contributed by atoms with van der Waals surface area (Å²) in [6.07, 6.45) is 16.3. The van der Waals surface area contributed by atoms with E-state index in [1.54, 1.807) is 13.0 Å². The number of carbonyl (C=O) groups is 2. The highest BCUT2D eigenvalue weighted by atomic mass is 16.5. The molecule has 30 heavy (non-hydrogen) atoms. The van der Waals surface area contributed by atoms with Gasteiger partial charge in [0.05, 0.1) is 18.1 Å². The molecule has 0 aromatic rings. The minimum Gasteiger partial charge on any atom is -0.508 e. The molecule has 2 aliphatic rings. The Morgan fingerprint density at radius 3 is 2.40 bits per heavy atom. The van der Waals surface area contributed by atoms with Crippen LogP contribution >= 0.6 is 0 Å². The Kier molecular flexibility index (Phi) is 8.25. The highest BCUT2D eigenvalue weighted by Gasteiger charge is 2.49. The highest BCUT2D eigenvalue weighted by Crippen LogP contribution is 2.43. The highest BCUT2D eigenvalue weighted by molar-refractivity contribution is 6.00. The summed E-state index contributed by atoms with van der Waals surface area (Å²) in [5.74, 6) is -2.01. The largest absolute Gasteiger partial charge is 0.508 e. The third-order valence-corrected chi connectivity index (χ3v) is 6.42. The van der Waals surface area contributed by atoms with E-state index in [-0.39, 0.29) is 11.5 Å². The first kappa shape index (κ1) is 24.1. The molecular weight excluding hydrogens is 380 g/mol. The fourth-order valence-electron chi connectivity index (χ4n) is 4.59. The molecule has 1 fully saturated rings. The molecule has 2 atom stereocenters. The number of ketones is 1. The number of aliphatic hydroxyl groups excluding tert-OH is 1. The van der Waals surface area contributed by atoms with E-state index >= 15 is 0 Å². The number of Topliss-reactive ketones (excluding diaryl/α,β-unsaturated/α-hetero) is 1. The Balaban J connectivity index is 2.51. The zero-order chi connectivity index (χ0) is 22.4. The van der Waals surface area contributed by atoms with Gasteiger partial charge in [0.15, 0.2) is 11.4 Å². The molecule has 0 spiro atoms. The fourth-order valence-corrected chi connectivity index (χ4v) is 4.59. The average molecular weight is 417 g/mol. The summed E-state index contributed by atoms with van der Waals surface area (Å²) in [4.78, 5) is 26.2. The molecule has 0 aliphatic heterocycles. The van der Waals surface area contributed by atoms with Crippen LogP contribution in [-0.2, 0) is 14.3 Å². The molecule has 5 nitrogen and oxygen atoms in total. The number of carbonyl (C=O) groups excluding carboxylic acids is 2. The molecule has 5 heteroatoms. The van der Waals surface area contributed by atoms with Gasteiger partial charge in [-0.2, -0.15) is 0 Å². The maximum Gasteiger partial charge on any atom is 0.337 e. The summed E-state index contributed by atoms with van der Waals surface area (Å²) in [6.45, 7) is 5.09. The molecule has 0 radical (unpaired) electrons. The van der Waals surface area contributed by atoms with E-state index in [0.717, 1.165) is 56.9 Å². The number of ether oxygens (including phenoxy) is 1. The van der Waals surface area contributed by atoms with Crippen LogP contribution in [0.5, 0.6) is 0 Å². The number of methoxy groups -OCH3 is 1. The van der Waals surface area contributed by atoms with E-state index in [4.69, 9.17) is 4.74 Å².